The summed E-state index contributed by atoms with van der Waals surface area (Å²) in [4.78, 5) is 29.9. The Labute approximate surface area is 165 Å². The Bertz CT molecular complexity index is 779. The first kappa shape index (κ1) is 18.5. The molecule has 0 saturated carbocycles. The quantitative estimate of drug-likeness (QED) is 0.823. The van der Waals surface area contributed by atoms with Gasteiger partial charge in [0.15, 0.2) is 0 Å². The van der Waals surface area contributed by atoms with Gasteiger partial charge in [-0.1, -0.05) is 0 Å². The predicted octanol–water partition coefficient (Wildman–Crippen LogP) is 1.94. The number of carbonyl (C=O) groups excluding carboxylic acids is 1. The van der Waals surface area contributed by atoms with E-state index in [-0.39, 0.29) is 12.1 Å². The second-order valence-corrected chi connectivity index (χ2v) is 7.38. The molecule has 4 rings (SSSR count). The molecule has 4 heterocycles. The normalized spacial score (nSPS) is 19.5. The molecular weight excluding hydrogens is 354 g/mol. The van der Waals surface area contributed by atoms with Crippen molar-refractivity contribution in [1.82, 2.24) is 25.6 Å². The van der Waals surface area contributed by atoms with E-state index in [1.165, 1.54) is 12.8 Å². The van der Waals surface area contributed by atoms with Gasteiger partial charge < -0.3 is 20.4 Å². The lowest BCUT2D eigenvalue weighted by molar-refractivity contribution is 0.234. The van der Waals surface area contributed by atoms with E-state index in [1.54, 1.807) is 12.4 Å². The van der Waals surface area contributed by atoms with Gasteiger partial charge in [0.1, 0.15) is 5.82 Å². The van der Waals surface area contributed by atoms with Crippen molar-refractivity contribution in [2.45, 2.75) is 38.3 Å². The van der Waals surface area contributed by atoms with E-state index < -0.39 is 0 Å². The molecule has 1 unspecified atom stereocenters. The second kappa shape index (κ2) is 8.86. The summed E-state index contributed by atoms with van der Waals surface area (Å²) in [6, 6.07) is 5.79. The predicted molar refractivity (Wildman–Crippen MR) is 108 cm³/mol. The fourth-order valence-corrected chi connectivity index (χ4v) is 3.84. The van der Waals surface area contributed by atoms with Crippen LogP contribution in [0.1, 0.15) is 31.2 Å². The molecule has 2 N–H and O–H groups in total. The smallest absolute Gasteiger partial charge is 0.315 e. The lowest BCUT2D eigenvalue weighted by Crippen LogP contribution is -2.50. The average Bonchev–Trinajstić information content (AvgIpc) is 3.28. The molecule has 0 aliphatic carbocycles. The van der Waals surface area contributed by atoms with Crippen LogP contribution in [0.4, 0.5) is 16.6 Å². The molecule has 8 heteroatoms. The van der Waals surface area contributed by atoms with Crippen LogP contribution in [0.25, 0.3) is 0 Å². The number of rotatable bonds is 5. The number of nitrogens with zero attached hydrogens (tertiary/aromatic N) is 5. The summed E-state index contributed by atoms with van der Waals surface area (Å²) < 4.78 is 0. The summed E-state index contributed by atoms with van der Waals surface area (Å²) in [7, 11) is 0. The molecule has 1 atom stereocenters. The van der Waals surface area contributed by atoms with Crippen molar-refractivity contribution in [3.63, 3.8) is 0 Å². The number of piperidine rings is 1. The van der Waals surface area contributed by atoms with Gasteiger partial charge in [-0.25, -0.2) is 19.7 Å². The lowest BCUT2D eigenvalue weighted by Gasteiger charge is -2.33. The Kier molecular flexibility index (Phi) is 5.84. The molecule has 0 aromatic carbocycles. The zero-order chi connectivity index (χ0) is 19.2. The Hall–Kier alpha value is -2.90. The number of urea groups is 1. The highest BCUT2D eigenvalue weighted by atomic mass is 16.2. The largest absolute Gasteiger partial charge is 0.357 e. The SMILES string of the molecule is O=C(NCc1ccnc(N2CCCC2)c1)NC1CCCN(c2ncccn2)C1. The first-order valence-corrected chi connectivity index (χ1v) is 10.0. The van der Waals surface area contributed by atoms with Gasteiger partial charge >= 0.3 is 6.03 Å². The van der Waals surface area contributed by atoms with Gasteiger partial charge in [-0.15, -0.1) is 0 Å². The van der Waals surface area contributed by atoms with Gasteiger partial charge in [-0.2, -0.15) is 0 Å². The van der Waals surface area contributed by atoms with Gasteiger partial charge in [0.05, 0.1) is 0 Å². The minimum atomic E-state index is -0.139. The van der Waals surface area contributed by atoms with Gasteiger partial charge in [0, 0.05) is 57.4 Å². The first-order chi connectivity index (χ1) is 13.8. The van der Waals surface area contributed by atoms with Crippen molar-refractivity contribution >= 4 is 17.8 Å². The lowest BCUT2D eigenvalue weighted by atomic mass is 10.1. The van der Waals surface area contributed by atoms with Gasteiger partial charge in [-0.3, -0.25) is 0 Å². The van der Waals surface area contributed by atoms with Crippen LogP contribution < -0.4 is 20.4 Å². The van der Waals surface area contributed by atoms with E-state index in [0.29, 0.717) is 6.54 Å². The molecule has 28 heavy (non-hydrogen) atoms. The van der Waals surface area contributed by atoms with Crippen molar-refractivity contribution in [2.24, 2.45) is 0 Å². The number of nitrogens with one attached hydrogen (secondary N) is 2. The molecule has 0 radical (unpaired) electrons. The number of pyridine rings is 1. The van der Waals surface area contributed by atoms with E-state index in [9.17, 15) is 4.79 Å². The zero-order valence-electron chi connectivity index (χ0n) is 16.0. The summed E-state index contributed by atoms with van der Waals surface area (Å²) in [6.45, 7) is 4.26. The molecule has 2 saturated heterocycles. The average molecular weight is 381 g/mol. The molecule has 2 aromatic heterocycles. The third-order valence-electron chi connectivity index (χ3n) is 5.28. The molecule has 2 amide bonds. The van der Waals surface area contributed by atoms with Crippen LogP contribution in [-0.4, -0.2) is 53.2 Å². The summed E-state index contributed by atoms with van der Waals surface area (Å²) >= 11 is 0. The van der Waals surface area contributed by atoms with Crippen molar-refractivity contribution in [2.75, 3.05) is 36.0 Å². The van der Waals surface area contributed by atoms with E-state index in [4.69, 9.17) is 0 Å². The Morgan fingerprint density at radius 1 is 1.04 bits per heavy atom. The number of aromatic nitrogens is 3. The third kappa shape index (κ3) is 4.68. The van der Waals surface area contributed by atoms with Crippen LogP contribution in [-0.2, 0) is 6.54 Å². The summed E-state index contributed by atoms with van der Waals surface area (Å²) in [5.41, 5.74) is 1.06. The van der Waals surface area contributed by atoms with Crippen LogP contribution >= 0.6 is 0 Å². The van der Waals surface area contributed by atoms with E-state index in [1.807, 2.05) is 18.3 Å². The maximum Gasteiger partial charge on any atom is 0.315 e. The maximum atomic E-state index is 12.4. The zero-order valence-corrected chi connectivity index (χ0v) is 16.0. The number of hydrogen-bond donors (Lipinski definition) is 2. The molecule has 0 bridgehead atoms. The number of hydrogen-bond acceptors (Lipinski definition) is 6. The molecule has 8 nitrogen and oxygen atoms in total. The molecule has 0 spiro atoms. The highest BCUT2D eigenvalue weighted by Crippen LogP contribution is 2.18. The van der Waals surface area contributed by atoms with Crippen molar-refractivity contribution in [3.8, 4) is 0 Å². The van der Waals surface area contributed by atoms with Crippen LogP contribution in [0.15, 0.2) is 36.8 Å². The van der Waals surface area contributed by atoms with Crippen molar-refractivity contribution < 1.29 is 4.79 Å². The fraction of sp³-hybridized carbons (Fsp3) is 0.500. The first-order valence-electron chi connectivity index (χ1n) is 10.0. The third-order valence-corrected chi connectivity index (χ3v) is 5.28. The second-order valence-electron chi connectivity index (χ2n) is 7.38. The molecular formula is C20H27N7O. The van der Waals surface area contributed by atoms with Gasteiger partial charge in [0.2, 0.25) is 5.95 Å². The monoisotopic (exact) mass is 381 g/mol. The van der Waals surface area contributed by atoms with Gasteiger partial charge in [0.25, 0.3) is 0 Å². The highest BCUT2D eigenvalue weighted by molar-refractivity contribution is 5.74. The van der Waals surface area contributed by atoms with Crippen molar-refractivity contribution in [1.29, 1.82) is 0 Å². The summed E-state index contributed by atoms with van der Waals surface area (Å²) in [5.74, 6) is 1.73. The van der Waals surface area contributed by atoms with Crippen LogP contribution in [0.3, 0.4) is 0 Å². The number of amides is 2. The Morgan fingerprint density at radius 3 is 2.64 bits per heavy atom. The van der Waals surface area contributed by atoms with Crippen LogP contribution in [0, 0.1) is 0 Å². The van der Waals surface area contributed by atoms with E-state index in [0.717, 1.165) is 56.4 Å². The molecule has 2 fully saturated rings. The van der Waals surface area contributed by atoms with Crippen LogP contribution in [0.2, 0.25) is 0 Å². The topological polar surface area (TPSA) is 86.3 Å². The summed E-state index contributed by atoms with van der Waals surface area (Å²) in [6.07, 6.45) is 9.73. The molecule has 2 aliphatic heterocycles. The summed E-state index contributed by atoms with van der Waals surface area (Å²) in [5, 5.41) is 6.06. The molecule has 2 aliphatic rings. The maximum absolute atomic E-state index is 12.4. The highest BCUT2D eigenvalue weighted by Gasteiger charge is 2.23. The van der Waals surface area contributed by atoms with E-state index in [2.05, 4.69) is 41.5 Å². The van der Waals surface area contributed by atoms with E-state index >= 15 is 0 Å². The number of anilines is 2. The standard InChI is InChI=1S/C20H27N7O/c28-20(24-14-16-6-9-21-18(13-16)26-10-1-2-11-26)25-17-5-3-12-27(15-17)19-22-7-4-8-23-19/h4,6-9,13,17H,1-3,5,10-12,14-15H2,(H2,24,25,28). The fourth-order valence-electron chi connectivity index (χ4n) is 3.84. The van der Waals surface area contributed by atoms with Crippen LogP contribution in [0.5, 0.6) is 0 Å². The molecule has 2 aromatic rings. The molecule has 148 valence electrons. The van der Waals surface area contributed by atoms with Crippen molar-refractivity contribution in [3.05, 3.63) is 42.4 Å². The minimum absolute atomic E-state index is 0.0927. The minimum Gasteiger partial charge on any atom is -0.357 e. The number of carbonyl (C=O) groups is 1. The Morgan fingerprint density at radius 2 is 1.82 bits per heavy atom. The Balaban J connectivity index is 1.27. The van der Waals surface area contributed by atoms with Gasteiger partial charge in [-0.05, 0) is 49.4 Å².